The number of ether oxygens (including phenoxy) is 3. The van der Waals surface area contributed by atoms with Gasteiger partial charge < -0.3 is 19.1 Å². The molecule has 0 bridgehead atoms. The highest BCUT2D eigenvalue weighted by molar-refractivity contribution is 6.30. The van der Waals surface area contributed by atoms with Crippen molar-refractivity contribution in [3.63, 3.8) is 0 Å². The molecule has 0 saturated carbocycles. The van der Waals surface area contributed by atoms with Gasteiger partial charge in [0.2, 0.25) is 0 Å². The van der Waals surface area contributed by atoms with Crippen LogP contribution in [0.3, 0.4) is 0 Å². The molecule has 0 atom stereocenters. The number of hydrogen-bond donors (Lipinski definition) is 0. The van der Waals surface area contributed by atoms with E-state index in [-0.39, 0.29) is 12.5 Å². The van der Waals surface area contributed by atoms with Gasteiger partial charge >= 0.3 is 0 Å². The molecule has 41 heavy (non-hydrogen) atoms. The molecule has 2 aliphatic heterocycles. The Balaban J connectivity index is 1.34. The molecule has 0 unspecified atom stereocenters. The molecule has 1 amide bonds. The Morgan fingerprint density at radius 3 is 2.07 bits per heavy atom. The van der Waals surface area contributed by atoms with Crippen molar-refractivity contribution in [2.24, 2.45) is 0 Å². The van der Waals surface area contributed by atoms with E-state index in [4.69, 9.17) is 30.8 Å². The maximum atomic E-state index is 13.0. The van der Waals surface area contributed by atoms with Crippen molar-refractivity contribution >= 4 is 23.2 Å². The predicted molar refractivity (Wildman–Crippen MR) is 160 cm³/mol. The van der Waals surface area contributed by atoms with Crippen molar-refractivity contribution in [3.8, 4) is 50.9 Å². The number of fused-ring (bicyclic) bond motifs is 2. The van der Waals surface area contributed by atoms with Gasteiger partial charge in [0.15, 0.2) is 18.1 Å². The largest absolute Gasteiger partial charge is 0.486 e. The lowest BCUT2D eigenvalue weighted by molar-refractivity contribution is -0.121. The van der Waals surface area contributed by atoms with Gasteiger partial charge in [-0.1, -0.05) is 54.1 Å². The van der Waals surface area contributed by atoms with Crippen LogP contribution in [0.15, 0.2) is 103 Å². The topological polar surface area (TPSA) is 60.9 Å². The van der Waals surface area contributed by atoms with E-state index in [1.54, 1.807) is 4.90 Å². The van der Waals surface area contributed by atoms with Crippen LogP contribution in [0.2, 0.25) is 5.02 Å². The highest BCUT2D eigenvalue weighted by atomic mass is 35.5. The van der Waals surface area contributed by atoms with Gasteiger partial charge in [-0.05, 0) is 77.4 Å². The average Bonchev–Trinajstić information content (AvgIpc) is 3.02. The minimum atomic E-state index is -0.0849. The number of carbonyl (C=O) groups is 1. The van der Waals surface area contributed by atoms with Crippen LogP contribution in [0.5, 0.6) is 17.2 Å². The van der Waals surface area contributed by atoms with Gasteiger partial charge in [0.1, 0.15) is 19.0 Å². The van der Waals surface area contributed by atoms with Crippen LogP contribution >= 0.6 is 11.6 Å². The standard InChI is InChI=1S/C34H25ClN2O4/c35-27-10-6-23(7-11-27)26-16-28(36-29(17-26)25-9-13-32-33(19-25)40-15-14-39-32)24-8-12-31-30(18-24)37(34(38)21-41-31)20-22-4-2-1-3-5-22/h1-13,16-19H,14-15,20-21H2. The monoisotopic (exact) mass is 560 g/mol. The van der Waals surface area contributed by atoms with Crippen LogP contribution in [0.4, 0.5) is 5.69 Å². The van der Waals surface area contributed by atoms with E-state index in [0.717, 1.165) is 50.6 Å². The normalized spacial score (nSPS) is 13.9. The molecule has 7 heteroatoms. The molecule has 0 N–H and O–H groups in total. The van der Waals surface area contributed by atoms with Gasteiger partial charge in [-0.25, -0.2) is 4.98 Å². The van der Waals surface area contributed by atoms with Crippen LogP contribution in [0.25, 0.3) is 33.6 Å². The summed E-state index contributed by atoms with van der Waals surface area (Å²) in [5.41, 5.74) is 7.11. The Morgan fingerprint density at radius 2 is 1.32 bits per heavy atom. The summed E-state index contributed by atoms with van der Waals surface area (Å²) in [5.74, 6) is 2.02. The number of aromatic nitrogens is 1. The van der Waals surface area contributed by atoms with Crippen molar-refractivity contribution in [2.75, 3.05) is 24.7 Å². The van der Waals surface area contributed by atoms with Crippen LogP contribution in [0, 0.1) is 0 Å². The quantitative estimate of drug-likeness (QED) is 0.224. The molecule has 4 aromatic carbocycles. The van der Waals surface area contributed by atoms with E-state index < -0.39 is 0 Å². The zero-order valence-corrected chi connectivity index (χ0v) is 22.8. The first-order valence-corrected chi connectivity index (χ1v) is 13.8. The molecule has 0 radical (unpaired) electrons. The molecule has 5 aromatic rings. The summed E-state index contributed by atoms with van der Waals surface area (Å²) in [5, 5.41) is 0.674. The first-order chi connectivity index (χ1) is 20.1. The maximum Gasteiger partial charge on any atom is 0.265 e. The van der Waals surface area contributed by atoms with Crippen molar-refractivity contribution in [1.29, 1.82) is 0 Å². The van der Waals surface area contributed by atoms with Crippen LogP contribution in [0.1, 0.15) is 5.56 Å². The third-order valence-electron chi connectivity index (χ3n) is 7.22. The Bertz CT molecular complexity index is 1760. The molecule has 202 valence electrons. The van der Waals surface area contributed by atoms with Crippen molar-refractivity contribution in [2.45, 2.75) is 6.54 Å². The smallest absolute Gasteiger partial charge is 0.265 e. The Hall–Kier alpha value is -4.81. The Labute approximate surface area is 242 Å². The molecule has 3 heterocycles. The average molecular weight is 561 g/mol. The zero-order valence-electron chi connectivity index (χ0n) is 22.0. The second-order valence-electron chi connectivity index (χ2n) is 9.93. The fourth-order valence-corrected chi connectivity index (χ4v) is 5.26. The number of nitrogens with zero attached hydrogens (tertiary/aromatic N) is 2. The first-order valence-electron chi connectivity index (χ1n) is 13.4. The van der Waals surface area contributed by atoms with Gasteiger partial charge in [0, 0.05) is 16.1 Å². The maximum absolute atomic E-state index is 13.0. The predicted octanol–water partition coefficient (Wildman–Crippen LogP) is 7.43. The number of rotatable bonds is 5. The van der Waals surface area contributed by atoms with Crippen molar-refractivity contribution in [3.05, 3.63) is 114 Å². The zero-order chi connectivity index (χ0) is 27.8. The number of anilines is 1. The molecule has 2 aliphatic rings. The number of pyridine rings is 1. The lowest BCUT2D eigenvalue weighted by Gasteiger charge is -2.30. The molecule has 0 spiro atoms. The third-order valence-corrected chi connectivity index (χ3v) is 7.47. The molecule has 0 saturated heterocycles. The summed E-state index contributed by atoms with van der Waals surface area (Å²) in [7, 11) is 0. The molecular formula is C34H25ClN2O4. The summed E-state index contributed by atoms with van der Waals surface area (Å²) in [6.45, 7) is 1.51. The second kappa shape index (κ2) is 10.6. The van der Waals surface area contributed by atoms with E-state index in [2.05, 4.69) is 12.1 Å². The molecule has 7 rings (SSSR count). The summed E-state index contributed by atoms with van der Waals surface area (Å²) >= 11 is 6.19. The summed E-state index contributed by atoms with van der Waals surface area (Å²) in [6, 6.07) is 33.6. The molecule has 1 aromatic heterocycles. The minimum absolute atomic E-state index is 0.0117. The molecular weight excluding hydrogens is 536 g/mol. The van der Waals surface area contributed by atoms with Crippen molar-refractivity contribution < 1.29 is 19.0 Å². The van der Waals surface area contributed by atoms with Crippen molar-refractivity contribution in [1.82, 2.24) is 4.98 Å². The molecule has 0 fully saturated rings. The van der Waals surface area contributed by atoms with Gasteiger partial charge in [-0.3, -0.25) is 4.79 Å². The summed E-state index contributed by atoms with van der Waals surface area (Å²) < 4.78 is 17.4. The van der Waals surface area contributed by atoms with Crippen LogP contribution in [-0.2, 0) is 11.3 Å². The van der Waals surface area contributed by atoms with E-state index in [1.807, 2.05) is 91.0 Å². The summed E-state index contributed by atoms with van der Waals surface area (Å²) in [4.78, 5) is 19.8. The van der Waals surface area contributed by atoms with E-state index in [9.17, 15) is 4.79 Å². The van der Waals surface area contributed by atoms with E-state index in [0.29, 0.717) is 36.3 Å². The SMILES string of the molecule is O=C1COc2ccc(-c3cc(-c4ccc(Cl)cc4)cc(-c4ccc5c(c4)OCCO5)n3)cc2N1Cc1ccccc1. The lowest BCUT2D eigenvalue weighted by atomic mass is 9.99. The number of hydrogen-bond acceptors (Lipinski definition) is 5. The van der Waals surface area contributed by atoms with Gasteiger partial charge in [0.05, 0.1) is 23.6 Å². The lowest BCUT2D eigenvalue weighted by Crippen LogP contribution is -2.38. The third kappa shape index (κ3) is 5.10. The number of halogens is 1. The Kier molecular flexibility index (Phi) is 6.53. The Morgan fingerprint density at radius 1 is 0.659 bits per heavy atom. The highest BCUT2D eigenvalue weighted by Gasteiger charge is 2.26. The highest BCUT2D eigenvalue weighted by Crippen LogP contribution is 2.39. The number of benzene rings is 4. The fourth-order valence-electron chi connectivity index (χ4n) is 5.14. The molecule has 6 nitrogen and oxygen atoms in total. The minimum Gasteiger partial charge on any atom is -0.486 e. The fraction of sp³-hybridized carbons (Fsp3) is 0.118. The van der Waals surface area contributed by atoms with Crippen LogP contribution in [-0.4, -0.2) is 30.7 Å². The van der Waals surface area contributed by atoms with Gasteiger partial charge in [0.25, 0.3) is 5.91 Å². The van der Waals surface area contributed by atoms with Gasteiger partial charge in [-0.2, -0.15) is 0 Å². The van der Waals surface area contributed by atoms with E-state index >= 15 is 0 Å². The number of carbonyl (C=O) groups excluding carboxylic acids is 1. The summed E-state index contributed by atoms with van der Waals surface area (Å²) in [6.07, 6.45) is 0. The first kappa shape index (κ1) is 25.2. The van der Waals surface area contributed by atoms with Crippen LogP contribution < -0.4 is 19.1 Å². The van der Waals surface area contributed by atoms with E-state index in [1.165, 1.54) is 0 Å². The molecule has 0 aliphatic carbocycles. The van der Waals surface area contributed by atoms with Gasteiger partial charge in [-0.15, -0.1) is 0 Å². The number of amides is 1. The second-order valence-corrected chi connectivity index (χ2v) is 10.4.